The molecule has 0 amide bonds. The average Bonchev–Trinajstić information content (AvgIpc) is 2.68. The Morgan fingerprint density at radius 3 is 2.08 bits per heavy atom. The molecule has 5 heteroatoms. The minimum Gasteiger partial charge on any atom is -0.372 e. The fourth-order valence-corrected chi connectivity index (χ4v) is 3.00. The summed E-state index contributed by atoms with van der Waals surface area (Å²) < 4.78 is 5.77. The highest BCUT2D eigenvalue weighted by molar-refractivity contribution is 14.0. The number of halogens is 1. The van der Waals surface area contributed by atoms with Crippen molar-refractivity contribution in [2.75, 3.05) is 13.1 Å². The number of guanidine groups is 1. The van der Waals surface area contributed by atoms with Crippen LogP contribution in [0, 0.1) is 0 Å². The third kappa shape index (κ3) is 6.61. The Morgan fingerprint density at radius 2 is 1.42 bits per heavy atom. The minimum absolute atomic E-state index is 0. The van der Waals surface area contributed by atoms with Gasteiger partial charge in [0.25, 0.3) is 0 Å². The van der Waals surface area contributed by atoms with Crippen molar-refractivity contribution in [2.24, 2.45) is 10.7 Å². The van der Waals surface area contributed by atoms with E-state index in [0.29, 0.717) is 25.7 Å². The molecular formula is C21H28IN3O. The van der Waals surface area contributed by atoms with Gasteiger partial charge in [-0.05, 0) is 36.0 Å². The first-order valence-electron chi connectivity index (χ1n) is 9.05. The number of rotatable bonds is 6. The summed E-state index contributed by atoms with van der Waals surface area (Å²) in [6.07, 6.45) is 3.74. The molecule has 2 aromatic rings. The number of nitrogens with two attached hydrogens (primary N) is 1. The third-order valence-electron chi connectivity index (χ3n) is 4.51. The maximum Gasteiger partial charge on any atom is 0.191 e. The molecule has 1 fully saturated rings. The topological polar surface area (TPSA) is 50.9 Å². The van der Waals surface area contributed by atoms with Crippen LogP contribution in [0.4, 0.5) is 0 Å². The maximum absolute atomic E-state index is 6.10. The van der Waals surface area contributed by atoms with Gasteiger partial charge in [-0.3, -0.25) is 0 Å². The number of ether oxygens (including phenoxy) is 1. The molecule has 3 rings (SSSR count). The van der Waals surface area contributed by atoms with E-state index >= 15 is 0 Å². The first-order valence-corrected chi connectivity index (χ1v) is 9.05. The van der Waals surface area contributed by atoms with Crippen LogP contribution in [0.3, 0.4) is 0 Å². The number of hydrogen-bond donors (Lipinski definition) is 1. The van der Waals surface area contributed by atoms with Gasteiger partial charge in [0.2, 0.25) is 0 Å². The monoisotopic (exact) mass is 465 g/mol. The van der Waals surface area contributed by atoms with Gasteiger partial charge in [0.05, 0.1) is 19.8 Å². The fourth-order valence-electron chi connectivity index (χ4n) is 3.00. The number of likely N-dealkylation sites (tertiary alicyclic amines) is 1. The second-order valence-corrected chi connectivity index (χ2v) is 6.52. The summed E-state index contributed by atoms with van der Waals surface area (Å²) in [6.45, 7) is 3.96. The number of piperidine rings is 1. The number of aliphatic imine (C=N–C) groups is 1. The number of benzene rings is 2. The van der Waals surface area contributed by atoms with E-state index in [0.717, 1.165) is 13.1 Å². The molecule has 0 saturated carbocycles. The largest absolute Gasteiger partial charge is 0.372 e. The second kappa shape index (κ2) is 11.2. The Hall–Kier alpha value is -1.60. The van der Waals surface area contributed by atoms with Crippen LogP contribution in [0.15, 0.2) is 59.6 Å². The molecule has 0 bridgehead atoms. The predicted molar refractivity (Wildman–Crippen MR) is 118 cm³/mol. The van der Waals surface area contributed by atoms with Gasteiger partial charge in [0.15, 0.2) is 5.96 Å². The highest BCUT2D eigenvalue weighted by atomic mass is 127. The summed E-state index contributed by atoms with van der Waals surface area (Å²) in [6, 6.07) is 18.7. The molecule has 1 saturated heterocycles. The van der Waals surface area contributed by atoms with Gasteiger partial charge < -0.3 is 15.4 Å². The molecule has 0 aromatic heterocycles. The molecule has 26 heavy (non-hydrogen) atoms. The Morgan fingerprint density at radius 1 is 0.846 bits per heavy atom. The van der Waals surface area contributed by atoms with E-state index in [1.54, 1.807) is 0 Å². The molecule has 0 spiro atoms. The van der Waals surface area contributed by atoms with Crippen molar-refractivity contribution in [2.45, 2.75) is 39.0 Å². The molecule has 4 nitrogen and oxygen atoms in total. The molecule has 140 valence electrons. The minimum atomic E-state index is 0. The molecule has 0 radical (unpaired) electrons. The van der Waals surface area contributed by atoms with E-state index in [2.05, 4.69) is 46.3 Å². The van der Waals surface area contributed by atoms with Crippen LogP contribution in [0.2, 0.25) is 0 Å². The lowest BCUT2D eigenvalue weighted by Crippen LogP contribution is -2.40. The smallest absolute Gasteiger partial charge is 0.191 e. The summed E-state index contributed by atoms with van der Waals surface area (Å²) >= 11 is 0. The number of nitrogens with zero attached hydrogens (tertiary/aromatic N) is 2. The Bertz CT molecular complexity index is 667. The Kier molecular flexibility index (Phi) is 8.91. The number of hydrogen-bond acceptors (Lipinski definition) is 2. The van der Waals surface area contributed by atoms with Crippen LogP contribution < -0.4 is 5.73 Å². The lowest BCUT2D eigenvalue weighted by atomic mass is 10.1. The van der Waals surface area contributed by atoms with E-state index in [9.17, 15) is 0 Å². The van der Waals surface area contributed by atoms with Crippen molar-refractivity contribution in [1.29, 1.82) is 0 Å². The van der Waals surface area contributed by atoms with E-state index in [1.807, 2.05) is 18.2 Å². The highest BCUT2D eigenvalue weighted by Crippen LogP contribution is 2.11. The van der Waals surface area contributed by atoms with Crippen LogP contribution >= 0.6 is 24.0 Å². The SMILES string of the molecule is I.NC(=NCc1ccc(COCc2ccccc2)cc1)N1CCCCC1. The van der Waals surface area contributed by atoms with Crippen molar-refractivity contribution < 1.29 is 4.74 Å². The van der Waals surface area contributed by atoms with E-state index in [1.165, 1.54) is 36.0 Å². The molecular weight excluding hydrogens is 437 g/mol. The average molecular weight is 465 g/mol. The van der Waals surface area contributed by atoms with Crippen molar-refractivity contribution in [3.63, 3.8) is 0 Å². The summed E-state index contributed by atoms with van der Waals surface area (Å²) in [5, 5.41) is 0. The highest BCUT2D eigenvalue weighted by Gasteiger charge is 2.11. The van der Waals surface area contributed by atoms with Crippen LogP contribution in [-0.2, 0) is 24.5 Å². The van der Waals surface area contributed by atoms with Gasteiger partial charge in [0.1, 0.15) is 0 Å². The van der Waals surface area contributed by atoms with Crippen molar-refractivity contribution in [3.05, 3.63) is 71.3 Å². The third-order valence-corrected chi connectivity index (χ3v) is 4.51. The van der Waals surface area contributed by atoms with Crippen molar-refractivity contribution in [3.8, 4) is 0 Å². The van der Waals surface area contributed by atoms with Crippen LogP contribution in [-0.4, -0.2) is 23.9 Å². The van der Waals surface area contributed by atoms with Gasteiger partial charge in [-0.15, -0.1) is 24.0 Å². The van der Waals surface area contributed by atoms with Crippen molar-refractivity contribution >= 4 is 29.9 Å². The van der Waals surface area contributed by atoms with Gasteiger partial charge in [-0.1, -0.05) is 54.6 Å². The van der Waals surface area contributed by atoms with Crippen LogP contribution in [0.25, 0.3) is 0 Å². The molecule has 1 aliphatic rings. The summed E-state index contributed by atoms with van der Waals surface area (Å²) in [5.74, 6) is 0.676. The lowest BCUT2D eigenvalue weighted by molar-refractivity contribution is 0.107. The zero-order chi connectivity index (χ0) is 17.3. The van der Waals surface area contributed by atoms with E-state index < -0.39 is 0 Å². The lowest BCUT2D eigenvalue weighted by Gasteiger charge is -2.27. The molecule has 2 N–H and O–H groups in total. The quantitative estimate of drug-likeness (QED) is 0.393. The fraction of sp³-hybridized carbons (Fsp3) is 0.381. The zero-order valence-electron chi connectivity index (χ0n) is 15.1. The van der Waals surface area contributed by atoms with Crippen LogP contribution in [0.1, 0.15) is 36.0 Å². The molecule has 1 aliphatic heterocycles. The molecule has 2 aromatic carbocycles. The second-order valence-electron chi connectivity index (χ2n) is 6.52. The molecule has 0 atom stereocenters. The molecule has 0 unspecified atom stereocenters. The first kappa shape index (κ1) is 20.7. The Labute approximate surface area is 173 Å². The maximum atomic E-state index is 6.10. The van der Waals surface area contributed by atoms with Crippen LogP contribution in [0.5, 0.6) is 0 Å². The molecule has 0 aliphatic carbocycles. The Balaban J connectivity index is 0.00000243. The predicted octanol–water partition coefficient (Wildman–Crippen LogP) is 4.32. The van der Waals surface area contributed by atoms with Gasteiger partial charge in [-0.2, -0.15) is 0 Å². The van der Waals surface area contributed by atoms with E-state index in [-0.39, 0.29) is 24.0 Å². The standard InChI is InChI=1S/C21H27N3O.HI/c22-21(24-13-5-2-6-14-24)23-15-18-9-11-20(12-10-18)17-25-16-19-7-3-1-4-8-19;/h1,3-4,7-12H,2,5-6,13-17H2,(H2,22,23);1H. The van der Waals surface area contributed by atoms with Gasteiger partial charge >= 0.3 is 0 Å². The summed E-state index contributed by atoms with van der Waals surface area (Å²) in [7, 11) is 0. The van der Waals surface area contributed by atoms with Gasteiger partial charge in [-0.25, -0.2) is 4.99 Å². The van der Waals surface area contributed by atoms with E-state index in [4.69, 9.17) is 10.5 Å². The first-order chi connectivity index (χ1) is 12.3. The summed E-state index contributed by atoms with van der Waals surface area (Å²) in [5.41, 5.74) is 9.65. The zero-order valence-corrected chi connectivity index (χ0v) is 17.5. The normalized spacial score (nSPS) is 14.8. The molecule has 1 heterocycles. The van der Waals surface area contributed by atoms with Gasteiger partial charge in [0, 0.05) is 13.1 Å². The van der Waals surface area contributed by atoms with Crippen molar-refractivity contribution in [1.82, 2.24) is 4.90 Å². The summed E-state index contributed by atoms with van der Waals surface area (Å²) in [4.78, 5) is 6.73.